The Balaban J connectivity index is 2.44. The van der Waals surface area contributed by atoms with Crippen LogP contribution in [0.3, 0.4) is 0 Å². The lowest BCUT2D eigenvalue weighted by Gasteiger charge is -2.21. The Bertz CT molecular complexity index is 681. The molecule has 106 valence electrons. The van der Waals surface area contributed by atoms with E-state index in [4.69, 9.17) is 4.84 Å². The Morgan fingerprint density at radius 3 is 2.05 bits per heavy atom. The van der Waals surface area contributed by atoms with Crippen molar-refractivity contribution in [2.75, 3.05) is 11.6 Å². The molecule has 0 saturated heterocycles. The van der Waals surface area contributed by atoms with Crippen molar-refractivity contribution in [2.24, 2.45) is 0 Å². The number of benzene rings is 2. The van der Waals surface area contributed by atoms with E-state index in [0.717, 1.165) is 14.5 Å². The molecule has 0 aliphatic rings. The molecule has 0 unspecified atom stereocenters. The Morgan fingerprint density at radius 1 is 1.00 bits per heavy atom. The van der Waals surface area contributed by atoms with Crippen LogP contribution in [0.1, 0.15) is 5.56 Å². The maximum absolute atomic E-state index is 12.5. The van der Waals surface area contributed by atoms with Crippen molar-refractivity contribution >= 4 is 31.6 Å². The Hall–Kier alpha value is -1.37. The number of halogens is 1. The van der Waals surface area contributed by atoms with E-state index in [1.807, 2.05) is 6.92 Å². The van der Waals surface area contributed by atoms with Crippen molar-refractivity contribution in [1.82, 2.24) is 0 Å². The summed E-state index contributed by atoms with van der Waals surface area (Å²) in [5, 5.41) is 0. The number of hydrogen-bond acceptors (Lipinski definition) is 3. The first-order valence-electron chi connectivity index (χ1n) is 5.87. The van der Waals surface area contributed by atoms with Crippen LogP contribution in [0.25, 0.3) is 0 Å². The molecule has 0 bridgehead atoms. The van der Waals surface area contributed by atoms with Gasteiger partial charge in [-0.3, -0.25) is 4.84 Å². The molecule has 2 aromatic carbocycles. The largest absolute Gasteiger partial charge is 0.286 e. The fraction of sp³-hybridized carbons (Fsp3) is 0.143. The van der Waals surface area contributed by atoms with Gasteiger partial charge in [0.25, 0.3) is 10.0 Å². The van der Waals surface area contributed by atoms with Gasteiger partial charge in [-0.2, -0.15) is 8.42 Å². The van der Waals surface area contributed by atoms with Crippen LogP contribution in [0.15, 0.2) is 57.9 Å². The topological polar surface area (TPSA) is 46.6 Å². The van der Waals surface area contributed by atoms with Gasteiger partial charge in [0.05, 0.1) is 17.7 Å². The highest BCUT2D eigenvalue weighted by atomic mass is 79.9. The van der Waals surface area contributed by atoms with Crippen LogP contribution in [0.4, 0.5) is 5.69 Å². The monoisotopic (exact) mass is 355 g/mol. The van der Waals surface area contributed by atoms with E-state index >= 15 is 0 Å². The summed E-state index contributed by atoms with van der Waals surface area (Å²) in [6.07, 6.45) is 0. The second kappa shape index (κ2) is 5.95. The molecule has 0 N–H and O–H groups in total. The lowest BCUT2D eigenvalue weighted by molar-refractivity contribution is 0.216. The van der Waals surface area contributed by atoms with E-state index in [9.17, 15) is 8.42 Å². The number of hydrogen-bond donors (Lipinski definition) is 0. The van der Waals surface area contributed by atoms with Gasteiger partial charge in [-0.05, 0) is 43.3 Å². The Labute approximate surface area is 127 Å². The summed E-state index contributed by atoms with van der Waals surface area (Å²) in [6.45, 7) is 1.90. The number of nitrogens with zero attached hydrogens (tertiary/aromatic N) is 1. The van der Waals surface area contributed by atoms with Gasteiger partial charge in [-0.1, -0.05) is 33.6 Å². The average molecular weight is 356 g/mol. The fourth-order valence-corrected chi connectivity index (χ4v) is 3.24. The average Bonchev–Trinajstić information content (AvgIpc) is 2.42. The lowest BCUT2D eigenvalue weighted by Crippen LogP contribution is -2.29. The zero-order valence-corrected chi connectivity index (χ0v) is 13.5. The summed E-state index contributed by atoms with van der Waals surface area (Å²) >= 11 is 3.31. The van der Waals surface area contributed by atoms with Crippen LogP contribution in [0, 0.1) is 6.92 Å². The highest BCUT2D eigenvalue weighted by Gasteiger charge is 2.25. The number of anilines is 1. The van der Waals surface area contributed by atoms with Crippen LogP contribution in [-0.4, -0.2) is 15.5 Å². The maximum atomic E-state index is 12.5. The van der Waals surface area contributed by atoms with Gasteiger partial charge >= 0.3 is 0 Å². The zero-order chi connectivity index (χ0) is 14.8. The van der Waals surface area contributed by atoms with E-state index in [0.29, 0.717) is 5.69 Å². The van der Waals surface area contributed by atoms with Crippen LogP contribution in [0.5, 0.6) is 0 Å². The quantitative estimate of drug-likeness (QED) is 0.788. The van der Waals surface area contributed by atoms with Crippen LogP contribution in [-0.2, 0) is 14.9 Å². The number of aryl methyl sites for hydroxylation is 1. The Kier molecular flexibility index (Phi) is 4.47. The molecule has 20 heavy (non-hydrogen) atoms. The molecule has 6 heteroatoms. The summed E-state index contributed by atoms with van der Waals surface area (Å²) < 4.78 is 26.9. The molecule has 0 atom stereocenters. The Morgan fingerprint density at radius 2 is 1.55 bits per heavy atom. The summed E-state index contributed by atoms with van der Waals surface area (Å²) in [7, 11) is -2.41. The van der Waals surface area contributed by atoms with Crippen molar-refractivity contribution in [3.8, 4) is 0 Å². The minimum Gasteiger partial charge on any atom is -0.262 e. The van der Waals surface area contributed by atoms with Gasteiger partial charge in [0, 0.05) is 4.47 Å². The first-order chi connectivity index (χ1) is 9.45. The van der Waals surface area contributed by atoms with E-state index < -0.39 is 10.0 Å². The molecule has 4 nitrogen and oxygen atoms in total. The molecule has 0 fully saturated rings. The highest BCUT2D eigenvalue weighted by Crippen LogP contribution is 2.25. The smallest absolute Gasteiger partial charge is 0.262 e. The van der Waals surface area contributed by atoms with Crippen molar-refractivity contribution in [3.63, 3.8) is 0 Å². The van der Waals surface area contributed by atoms with Crippen molar-refractivity contribution in [2.45, 2.75) is 11.8 Å². The standard InChI is InChI=1S/C14H14BrNO3S/c1-11-3-9-14(10-4-11)20(17,18)16(19-2)13-7-5-12(15)6-8-13/h3-10H,1-2H3. The van der Waals surface area contributed by atoms with E-state index in [2.05, 4.69) is 15.9 Å². The van der Waals surface area contributed by atoms with Crippen LogP contribution < -0.4 is 4.47 Å². The second-order valence-electron chi connectivity index (χ2n) is 4.20. The van der Waals surface area contributed by atoms with E-state index in [-0.39, 0.29) is 4.90 Å². The van der Waals surface area contributed by atoms with Gasteiger partial charge < -0.3 is 0 Å². The van der Waals surface area contributed by atoms with Crippen LogP contribution >= 0.6 is 15.9 Å². The van der Waals surface area contributed by atoms with Crippen LogP contribution in [0.2, 0.25) is 0 Å². The number of sulfonamides is 1. The summed E-state index contributed by atoms with van der Waals surface area (Å²) in [6, 6.07) is 13.5. The molecule has 0 aromatic heterocycles. The lowest BCUT2D eigenvalue weighted by atomic mass is 10.2. The molecule has 0 spiro atoms. The normalized spacial score (nSPS) is 11.3. The molecule has 0 aliphatic heterocycles. The van der Waals surface area contributed by atoms with Crippen molar-refractivity contribution < 1.29 is 13.3 Å². The van der Waals surface area contributed by atoms with E-state index in [1.165, 1.54) is 7.11 Å². The molecule has 0 saturated carbocycles. The van der Waals surface area contributed by atoms with E-state index in [1.54, 1.807) is 48.5 Å². The second-order valence-corrected chi connectivity index (χ2v) is 6.87. The van der Waals surface area contributed by atoms with Gasteiger partial charge in [-0.25, -0.2) is 0 Å². The first-order valence-corrected chi connectivity index (χ1v) is 8.10. The minimum atomic E-state index is -3.74. The molecule has 0 heterocycles. The number of rotatable bonds is 4. The SMILES string of the molecule is CON(c1ccc(Br)cc1)S(=O)(=O)c1ccc(C)cc1. The molecule has 2 aromatic rings. The summed E-state index contributed by atoms with van der Waals surface area (Å²) in [5.41, 5.74) is 1.44. The molecular formula is C14H14BrNO3S. The predicted molar refractivity (Wildman–Crippen MR) is 82.0 cm³/mol. The maximum Gasteiger partial charge on any atom is 0.286 e. The van der Waals surface area contributed by atoms with Crippen molar-refractivity contribution in [1.29, 1.82) is 0 Å². The third-order valence-corrected chi connectivity index (χ3v) is 4.93. The fourth-order valence-electron chi connectivity index (χ4n) is 1.71. The molecule has 0 radical (unpaired) electrons. The third kappa shape index (κ3) is 3.03. The van der Waals surface area contributed by atoms with Gasteiger partial charge in [0.2, 0.25) is 0 Å². The van der Waals surface area contributed by atoms with Crippen molar-refractivity contribution in [3.05, 3.63) is 58.6 Å². The van der Waals surface area contributed by atoms with Gasteiger partial charge in [0.15, 0.2) is 0 Å². The first kappa shape index (κ1) is 15.0. The minimum absolute atomic E-state index is 0.188. The molecule has 2 rings (SSSR count). The molecular weight excluding hydrogens is 342 g/mol. The highest BCUT2D eigenvalue weighted by molar-refractivity contribution is 9.10. The third-order valence-electron chi connectivity index (χ3n) is 2.74. The molecule has 0 amide bonds. The summed E-state index contributed by atoms with van der Waals surface area (Å²) in [4.78, 5) is 5.24. The summed E-state index contributed by atoms with van der Waals surface area (Å²) in [5.74, 6) is 0. The zero-order valence-electron chi connectivity index (χ0n) is 11.1. The predicted octanol–water partition coefficient (Wildman–Crippen LogP) is 3.51. The van der Waals surface area contributed by atoms with Gasteiger partial charge in [0.1, 0.15) is 0 Å². The molecule has 0 aliphatic carbocycles. The van der Waals surface area contributed by atoms with Gasteiger partial charge in [-0.15, -0.1) is 4.47 Å².